The molecule has 126 valence electrons. The highest BCUT2D eigenvalue weighted by Crippen LogP contribution is 2.25. The summed E-state index contributed by atoms with van der Waals surface area (Å²) >= 11 is 3.25. The molecule has 2 rings (SSSR count). The van der Waals surface area contributed by atoms with Crippen LogP contribution in [-0.4, -0.2) is 37.9 Å². The highest BCUT2D eigenvalue weighted by molar-refractivity contribution is 9.09. The van der Waals surface area contributed by atoms with Crippen molar-refractivity contribution in [1.82, 2.24) is 4.57 Å². The summed E-state index contributed by atoms with van der Waals surface area (Å²) in [6.45, 7) is 5.45. The van der Waals surface area contributed by atoms with Crippen molar-refractivity contribution in [3.05, 3.63) is 36.0 Å². The second kappa shape index (κ2) is 7.03. The van der Waals surface area contributed by atoms with Crippen LogP contribution in [0.4, 0.5) is 4.79 Å². The standard InChI is InChI=1S/C17H22BrNO4/c1-17(2,3)23-16(22)19-9-7-11-10-12(4-5-13(11)19)15(21)14(20)6-8-18/h4-5,7,9-10,14-15,20-21H,6,8H2,1-3H3. The van der Waals surface area contributed by atoms with Crippen LogP contribution in [0, 0.1) is 0 Å². The van der Waals surface area contributed by atoms with Gasteiger partial charge in [0.2, 0.25) is 0 Å². The van der Waals surface area contributed by atoms with Crippen LogP contribution in [0.15, 0.2) is 30.5 Å². The first-order valence-electron chi connectivity index (χ1n) is 7.49. The third-order valence-electron chi connectivity index (χ3n) is 3.42. The largest absolute Gasteiger partial charge is 0.443 e. The Morgan fingerprint density at radius 2 is 2.00 bits per heavy atom. The second-order valence-corrected chi connectivity index (χ2v) is 7.27. The van der Waals surface area contributed by atoms with Gasteiger partial charge in [-0.3, -0.25) is 4.57 Å². The first kappa shape index (κ1) is 18.0. The molecule has 0 aliphatic heterocycles. The van der Waals surface area contributed by atoms with E-state index in [0.717, 1.165) is 5.39 Å². The monoisotopic (exact) mass is 383 g/mol. The fraction of sp³-hybridized carbons (Fsp3) is 0.471. The van der Waals surface area contributed by atoms with Gasteiger partial charge in [-0.1, -0.05) is 22.0 Å². The number of alkyl halides is 1. The normalized spacial score (nSPS) is 14.7. The van der Waals surface area contributed by atoms with Crippen molar-refractivity contribution < 1.29 is 19.7 Å². The molecule has 0 spiro atoms. The van der Waals surface area contributed by atoms with Gasteiger partial charge in [-0.05, 0) is 51.0 Å². The van der Waals surface area contributed by atoms with E-state index < -0.39 is 23.9 Å². The molecule has 2 unspecified atom stereocenters. The van der Waals surface area contributed by atoms with E-state index >= 15 is 0 Å². The maximum Gasteiger partial charge on any atom is 0.418 e. The molecule has 0 amide bonds. The lowest BCUT2D eigenvalue weighted by atomic mass is 10.0. The highest BCUT2D eigenvalue weighted by atomic mass is 79.9. The molecule has 0 bridgehead atoms. The number of nitrogens with zero attached hydrogens (tertiary/aromatic N) is 1. The maximum atomic E-state index is 12.2. The number of fused-ring (bicyclic) bond motifs is 1. The lowest BCUT2D eigenvalue weighted by molar-refractivity contribution is 0.0174. The van der Waals surface area contributed by atoms with Crippen molar-refractivity contribution in [2.45, 2.75) is 45.0 Å². The molecule has 0 aliphatic carbocycles. The number of aliphatic hydroxyl groups excluding tert-OH is 2. The zero-order chi connectivity index (χ0) is 17.2. The lowest BCUT2D eigenvalue weighted by Crippen LogP contribution is -2.26. The first-order chi connectivity index (χ1) is 10.7. The first-order valence-corrected chi connectivity index (χ1v) is 8.61. The maximum absolute atomic E-state index is 12.2. The van der Waals surface area contributed by atoms with Crippen LogP contribution in [0.1, 0.15) is 38.9 Å². The summed E-state index contributed by atoms with van der Waals surface area (Å²) in [7, 11) is 0. The van der Waals surface area contributed by atoms with Crippen LogP contribution in [-0.2, 0) is 4.74 Å². The van der Waals surface area contributed by atoms with Crippen molar-refractivity contribution >= 4 is 32.9 Å². The molecule has 1 aromatic carbocycles. The number of halogens is 1. The van der Waals surface area contributed by atoms with Crippen LogP contribution >= 0.6 is 15.9 Å². The van der Waals surface area contributed by atoms with Gasteiger partial charge in [0.1, 0.15) is 11.7 Å². The third-order valence-corrected chi connectivity index (χ3v) is 3.87. The Labute approximate surface area is 144 Å². The van der Waals surface area contributed by atoms with Gasteiger partial charge in [-0.15, -0.1) is 0 Å². The number of aliphatic hydroxyl groups is 2. The van der Waals surface area contributed by atoms with E-state index in [2.05, 4.69) is 15.9 Å². The minimum atomic E-state index is -0.957. The zero-order valence-electron chi connectivity index (χ0n) is 13.5. The Hall–Kier alpha value is -1.37. The fourth-order valence-corrected chi connectivity index (χ4v) is 2.78. The van der Waals surface area contributed by atoms with Gasteiger partial charge in [0.25, 0.3) is 0 Å². The van der Waals surface area contributed by atoms with Crippen LogP contribution in [0.25, 0.3) is 10.9 Å². The Kier molecular flexibility index (Phi) is 5.49. The van der Waals surface area contributed by atoms with Gasteiger partial charge in [-0.2, -0.15) is 0 Å². The van der Waals surface area contributed by atoms with Gasteiger partial charge in [0.15, 0.2) is 0 Å². The summed E-state index contributed by atoms with van der Waals surface area (Å²) in [6.07, 6.45) is -0.135. The van der Waals surface area contributed by atoms with Gasteiger partial charge in [-0.25, -0.2) is 4.79 Å². The summed E-state index contributed by atoms with van der Waals surface area (Å²) in [6, 6.07) is 7.02. The molecule has 0 radical (unpaired) electrons. The summed E-state index contributed by atoms with van der Waals surface area (Å²) < 4.78 is 6.80. The molecule has 6 heteroatoms. The van der Waals surface area contributed by atoms with Crippen LogP contribution in [0.3, 0.4) is 0 Å². The number of hydrogen-bond donors (Lipinski definition) is 2. The van der Waals surface area contributed by atoms with Crippen molar-refractivity contribution in [2.75, 3.05) is 5.33 Å². The van der Waals surface area contributed by atoms with Crippen molar-refractivity contribution in [3.8, 4) is 0 Å². The average molecular weight is 384 g/mol. The molecule has 2 atom stereocenters. The molecule has 23 heavy (non-hydrogen) atoms. The molecule has 2 aromatic rings. The quantitative estimate of drug-likeness (QED) is 0.791. The molecule has 1 aromatic heterocycles. The van der Waals surface area contributed by atoms with Gasteiger partial charge in [0.05, 0.1) is 11.6 Å². The molecule has 5 nitrogen and oxygen atoms in total. The molecule has 0 aliphatic rings. The Balaban J connectivity index is 2.28. The molecular weight excluding hydrogens is 362 g/mol. The van der Waals surface area contributed by atoms with Crippen molar-refractivity contribution in [2.24, 2.45) is 0 Å². The number of carbonyl (C=O) groups is 1. The number of carbonyl (C=O) groups excluding carboxylic acids is 1. The molecule has 2 N–H and O–H groups in total. The molecular formula is C17H22BrNO4. The highest BCUT2D eigenvalue weighted by Gasteiger charge is 2.21. The van der Waals surface area contributed by atoms with Crippen LogP contribution in [0.2, 0.25) is 0 Å². The number of benzene rings is 1. The van der Waals surface area contributed by atoms with Gasteiger partial charge in [0, 0.05) is 16.9 Å². The number of aromatic nitrogens is 1. The Morgan fingerprint density at radius 3 is 2.61 bits per heavy atom. The van der Waals surface area contributed by atoms with E-state index in [1.807, 2.05) is 20.8 Å². The minimum absolute atomic E-state index is 0.444. The smallest absolute Gasteiger partial charge is 0.418 e. The van der Waals surface area contributed by atoms with Crippen molar-refractivity contribution in [1.29, 1.82) is 0 Å². The fourth-order valence-electron chi connectivity index (χ4n) is 2.31. The number of hydrogen-bond acceptors (Lipinski definition) is 4. The number of ether oxygens (including phenoxy) is 1. The SMILES string of the molecule is CC(C)(C)OC(=O)n1ccc2cc(C(O)C(O)CCBr)ccc21. The van der Waals surface area contributed by atoms with E-state index in [-0.39, 0.29) is 0 Å². The van der Waals surface area contributed by atoms with Gasteiger partial charge >= 0.3 is 6.09 Å². The molecule has 0 fully saturated rings. The summed E-state index contributed by atoms with van der Waals surface area (Å²) in [4.78, 5) is 12.2. The predicted octanol–water partition coefficient (Wildman–Crippen LogP) is 3.60. The minimum Gasteiger partial charge on any atom is -0.443 e. The lowest BCUT2D eigenvalue weighted by Gasteiger charge is -2.20. The average Bonchev–Trinajstić information content (AvgIpc) is 2.87. The van der Waals surface area contributed by atoms with E-state index in [0.29, 0.717) is 22.8 Å². The van der Waals surface area contributed by atoms with Crippen molar-refractivity contribution in [3.63, 3.8) is 0 Å². The summed E-state index contributed by atoms with van der Waals surface area (Å²) in [5.41, 5.74) is 0.752. The Morgan fingerprint density at radius 1 is 1.30 bits per heavy atom. The van der Waals surface area contributed by atoms with E-state index in [9.17, 15) is 15.0 Å². The second-order valence-electron chi connectivity index (χ2n) is 6.47. The van der Waals surface area contributed by atoms with Crippen LogP contribution in [0.5, 0.6) is 0 Å². The molecule has 0 saturated carbocycles. The zero-order valence-corrected chi connectivity index (χ0v) is 15.1. The van der Waals surface area contributed by atoms with E-state index in [4.69, 9.17) is 4.74 Å². The van der Waals surface area contributed by atoms with Gasteiger partial charge < -0.3 is 14.9 Å². The predicted molar refractivity (Wildman–Crippen MR) is 92.9 cm³/mol. The van der Waals surface area contributed by atoms with E-state index in [1.54, 1.807) is 30.5 Å². The topological polar surface area (TPSA) is 71.7 Å². The summed E-state index contributed by atoms with van der Waals surface area (Å²) in [5.74, 6) is 0. The summed E-state index contributed by atoms with van der Waals surface area (Å²) in [5, 5.41) is 21.5. The number of rotatable bonds is 4. The third kappa shape index (κ3) is 4.34. The molecule has 0 saturated heterocycles. The molecule has 1 heterocycles. The Bertz CT molecular complexity index is 689. The van der Waals surface area contributed by atoms with Crippen LogP contribution < -0.4 is 0 Å². The van der Waals surface area contributed by atoms with E-state index in [1.165, 1.54) is 4.57 Å².